The highest BCUT2D eigenvalue weighted by molar-refractivity contribution is 7.80. The van der Waals surface area contributed by atoms with Crippen molar-refractivity contribution >= 4 is 16.4 Å². The summed E-state index contributed by atoms with van der Waals surface area (Å²) in [6.45, 7) is 3.99. The van der Waals surface area contributed by atoms with Gasteiger partial charge in [-0.3, -0.25) is 9.35 Å². The molecule has 13 heteroatoms. The van der Waals surface area contributed by atoms with Crippen LogP contribution in [0.4, 0.5) is 0 Å². The molecule has 1 aliphatic rings. The smallest absolute Gasteiger partial charge is 0.397 e. The molecule has 6 unspecified atom stereocenters. The monoisotopic (exact) mass is 945 g/mol. The molecule has 1 aliphatic heterocycles. The van der Waals surface area contributed by atoms with Crippen molar-refractivity contribution in [3.63, 3.8) is 0 Å². The first-order chi connectivity index (χ1) is 31.6. The number of carbonyl (C=O) groups is 1. The summed E-state index contributed by atoms with van der Waals surface area (Å²) in [7, 11) is -5.07. The van der Waals surface area contributed by atoms with Crippen molar-refractivity contribution in [3.05, 3.63) is 36.5 Å². The largest absolute Gasteiger partial charge is 0.457 e. The standard InChI is InChI=1S/C52H96O12S/c1-3-5-7-9-11-13-15-17-19-21-22-23-24-25-26-28-30-32-34-36-38-40-42-60-44-46(45-61-52-50(56)51(64-65(57,58)59)49(55)47(43-53)63-52)62-48(54)41-39-37-35-33-31-29-27-20-18-16-14-12-10-8-6-4-2/h15,17,20-22,27,46-47,49-53,55-56H,3-14,16,18-19,23-26,28-45H2,1-2H3,(H,57,58,59)/b17-15-,22-21-,27-20-. The first-order valence-electron chi connectivity index (χ1n) is 26.2. The Hall–Kier alpha value is -1.68. The summed E-state index contributed by atoms with van der Waals surface area (Å²) in [5, 5.41) is 30.8. The van der Waals surface area contributed by atoms with Crippen LogP contribution in [0.2, 0.25) is 0 Å². The van der Waals surface area contributed by atoms with E-state index in [2.05, 4.69) is 54.5 Å². The minimum absolute atomic E-state index is 0.0319. The van der Waals surface area contributed by atoms with Gasteiger partial charge in [0.25, 0.3) is 0 Å². The van der Waals surface area contributed by atoms with Crippen molar-refractivity contribution in [2.24, 2.45) is 0 Å². The van der Waals surface area contributed by atoms with Gasteiger partial charge in [0.1, 0.15) is 30.5 Å². The predicted molar refractivity (Wildman–Crippen MR) is 262 cm³/mol. The van der Waals surface area contributed by atoms with Crippen molar-refractivity contribution in [1.29, 1.82) is 0 Å². The normalized spacial score (nSPS) is 19.9. The van der Waals surface area contributed by atoms with Crippen molar-refractivity contribution < 1.29 is 56.2 Å². The van der Waals surface area contributed by atoms with Crippen LogP contribution >= 0.6 is 0 Å². The lowest BCUT2D eigenvalue weighted by Gasteiger charge is -2.41. The molecule has 4 N–H and O–H groups in total. The minimum Gasteiger partial charge on any atom is -0.457 e. The Balaban J connectivity index is 2.35. The molecular weight excluding hydrogens is 849 g/mol. The Morgan fingerprint density at radius 2 is 1.02 bits per heavy atom. The molecule has 0 saturated carbocycles. The van der Waals surface area contributed by atoms with Crippen LogP contribution in [0.15, 0.2) is 36.5 Å². The zero-order valence-corrected chi connectivity index (χ0v) is 41.9. The number of aliphatic hydroxyl groups is 3. The maximum Gasteiger partial charge on any atom is 0.397 e. The molecule has 12 nitrogen and oxygen atoms in total. The maximum absolute atomic E-state index is 12.9. The van der Waals surface area contributed by atoms with Gasteiger partial charge in [-0.25, -0.2) is 4.18 Å². The van der Waals surface area contributed by atoms with Crippen molar-refractivity contribution in [3.8, 4) is 0 Å². The summed E-state index contributed by atoms with van der Waals surface area (Å²) >= 11 is 0. The lowest BCUT2D eigenvalue weighted by Crippen LogP contribution is -2.60. The van der Waals surface area contributed by atoms with Crippen LogP contribution in [0.5, 0.6) is 0 Å². The quantitative estimate of drug-likeness (QED) is 0.0197. The second-order valence-electron chi connectivity index (χ2n) is 18.1. The number of allylic oxidation sites excluding steroid dienone is 6. The van der Waals surface area contributed by atoms with Crippen LogP contribution < -0.4 is 0 Å². The van der Waals surface area contributed by atoms with Gasteiger partial charge in [0.15, 0.2) is 6.29 Å². The summed E-state index contributed by atoms with van der Waals surface area (Å²) in [5.41, 5.74) is 0. The molecule has 0 spiro atoms. The van der Waals surface area contributed by atoms with Crippen LogP contribution in [0.3, 0.4) is 0 Å². The molecule has 0 radical (unpaired) electrons. The molecule has 0 aliphatic carbocycles. The molecule has 1 heterocycles. The Morgan fingerprint density at radius 1 is 0.585 bits per heavy atom. The van der Waals surface area contributed by atoms with Gasteiger partial charge in [-0.1, -0.05) is 185 Å². The third kappa shape index (κ3) is 37.0. The van der Waals surface area contributed by atoms with Gasteiger partial charge in [0, 0.05) is 13.0 Å². The van der Waals surface area contributed by atoms with Crippen molar-refractivity contribution in [2.75, 3.05) is 26.4 Å². The minimum atomic E-state index is -5.07. The fourth-order valence-electron chi connectivity index (χ4n) is 7.99. The van der Waals surface area contributed by atoms with E-state index in [-0.39, 0.29) is 19.6 Å². The van der Waals surface area contributed by atoms with Gasteiger partial charge in [0.05, 0.1) is 19.8 Å². The summed E-state index contributed by atoms with van der Waals surface area (Å²) in [5.74, 6) is -0.407. The third-order valence-electron chi connectivity index (χ3n) is 12.0. The molecule has 0 aromatic carbocycles. The molecule has 0 bridgehead atoms. The molecule has 6 atom stereocenters. The molecule has 1 saturated heterocycles. The van der Waals surface area contributed by atoms with Gasteiger partial charge >= 0.3 is 16.4 Å². The van der Waals surface area contributed by atoms with Crippen LogP contribution in [-0.4, -0.2) is 97.5 Å². The SMILES string of the molecule is CCCCCCC/C=C\C/C=C\CCCCCCCCCCCCOCC(COC1OC(CO)C(O)C(OS(=O)(=O)O)C1O)OC(=O)CCCCCCC/C=C\CCCCCCCCC. The summed E-state index contributed by atoms with van der Waals surface area (Å²) in [4.78, 5) is 12.9. The molecular formula is C52H96O12S. The van der Waals surface area contributed by atoms with E-state index >= 15 is 0 Å². The zero-order valence-electron chi connectivity index (χ0n) is 41.1. The number of carbonyl (C=O) groups excluding carboxylic acids is 1. The van der Waals surface area contributed by atoms with Crippen molar-refractivity contribution in [2.45, 2.75) is 263 Å². The lowest BCUT2D eigenvalue weighted by atomic mass is 9.99. The van der Waals surface area contributed by atoms with Crippen LogP contribution in [-0.2, 0) is 38.3 Å². The Bertz CT molecular complexity index is 1270. The molecule has 1 fully saturated rings. The van der Waals surface area contributed by atoms with Gasteiger partial charge in [-0.15, -0.1) is 0 Å². The highest BCUT2D eigenvalue weighted by Crippen LogP contribution is 2.26. The zero-order chi connectivity index (χ0) is 47.5. The number of aliphatic hydroxyl groups excluding tert-OH is 3. The van der Waals surface area contributed by atoms with E-state index in [0.717, 1.165) is 64.2 Å². The average Bonchev–Trinajstić information content (AvgIpc) is 3.28. The first-order valence-corrected chi connectivity index (χ1v) is 27.6. The summed E-state index contributed by atoms with van der Waals surface area (Å²) in [6, 6.07) is 0. The fourth-order valence-corrected chi connectivity index (χ4v) is 8.50. The van der Waals surface area contributed by atoms with E-state index in [0.29, 0.717) is 13.0 Å². The molecule has 382 valence electrons. The Labute approximate surface area is 396 Å². The molecule has 0 aromatic rings. The van der Waals surface area contributed by atoms with Gasteiger partial charge < -0.3 is 34.3 Å². The topological polar surface area (TPSA) is 178 Å². The molecule has 65 heavy (non-hydrogen) atoms. The van der Waals surface area contributed by atoms with E-state index in [1.54, 1.807) is 0 Å². The lowest BCUT2D eigenvalue weighted by molar-refractivity contribution is -0.301. The second-order valence-corrected chi connectivity index (χ2v) is 19.2. The van der Waals surface area contributed by atoms with Crippen LogP contribution in [0.1, 0.15) is 226 Å². The summed E-state index contributed by atoms with van der Waals surface area (Å²) < 4.78 is 59.3. The third-order valence-corrected chi connectivity index (χ3v) is 12.5. The van der Waals surface area contributed by atoms with Gasteiger partial charge in [-0.05, 0) is 70.6 Å². The van der Waals surface area contributed by atoms with E-state index in [9.17, 15) is 33.1 Å². The number of hydrogen-bond acceptors (Lipinski definition) is 11. The number of unbranched alkanes of at least 4 members (excludes halogenated alkanes) is 27. The molecule has 0 aromatic heterocycles. The summed E-state index contributed by atoms with van der Waals surface area (Å²) in [6.07, 6.45) is 43.2. The van der Waals surface area contributed by atoms with E-state index < -0.39 is 59.8 Å². The number of hydrogen-bond donors (Lipinski definition) is 4. The number of ether oxygens (including phenoxy) is 4. The van der Waals surface area contributed by atoms with Gasteiger partial charge in [-0.2, -0.15) is 8.42 Å². The highest BCUT2D eigenvalue weighted by atomic mass is 32.3. The highest BCUT2D eigenvalue weighted by Gasteiger charge is 2.48. The maximum atomic E-state index is 12.9. The Kier molecular flexibility index (Phi) is 41.1. The molecule has 0 amide bonds. The molecule has 1 rings (SSSR count). The number of esters is 1. The van der Waals surface area contributed by atoms with Crippen molar-refractivity contribution in [1.82, 2.24) is 0 Å². The van der Waals surface area contributed by atoms with E-state index in [4.69, 9.17) is 18.9 Å². The van der Waals surface area contributed by atoms with Crippen LogP contribution in [0, 0.1) is 0 Å². The van der Waals surface area contributed by atoms with E-state index in [1.165, 1.54) is 135 Å². The van der Waals surface area contributed by atoms with Crippen LogP contribution in [0.25, 0.3) is 0 Å². The Morgan fingerprint density at radius 3 is 1.48 bits per heavy atom. The van der Waals surface area contributed by atoms with Gasteiger partial charge in [0.2, 0.25) is 0 Å². The number of rotatable bonds is 46. The average molecular weight is 945 g/mol. The predicted octanol–water partition coefficient (Wildman–Crippen LogP) is 12.1. The fraction of sp³-hybridized carbons (Fsp3) is 0.865. The first kappa shape index (κ1) is 61.3. The van der Waals surface area contributed by atoms with E-state index in [1.807, 2.05) is 0 Å². The second kappa shape index (κ2) is 43.6.